The van der Waals surface area contributed by atoms with Crippen LogP contribution in [0.3, 0.4) is 0 Å². The van der Waals surface area contributed by atoms with E-state index in [2.05, 4.69) is 6.92 Å². The number of carbonyl (C=O) groups excluding carboxylic acids is 2. The summed E-state index contributed by atoms with van der Waals surface area (Å²) in [5.74, 6) is -0.488. The summed E-state index contributed by atoms with van der Waals surface area (Å²) in [5.41, 5.74) is 11.5. The van der Waals surface area contributed by atoms with E-state index in [1.54, 1.807) is 4.90 Å². The summed E-state index contributed by atoms with van der Waals surface area (Å²) in [5, 5.41) is 0. The Kier molecular flexibility index (Phi) is 4.42. The van der Waals surface area contributed by atoms with Crippen molar-refractivity contribution in [1.82, 2.24) is 4.90 Å². The van der Waals surface area contributed by atoms with Gasteiger partial charge in [-0.1, -0.05) is 13.3 Å². The van der Waals surface area contributed by atoms with Gasteiger partial charge in [-0.3, -0.25) is 9.59 Å². The van der Waals surface area contributed by atoms with Crippen molar-refractivity contribution in [3.05, 3.63) is 0 Å². The Morgan fingerprint density at radius 1 is 1.32 bits per heavy atom. The van der Waals surface area contributed by atoms with Crippen LogP contribution in [0, 0.1) is 11.8 Å². The van der Waals surface area contributed by atoms with Crippen LogP contribution in [0.1, 0.15) is 26.2 Å². The Morgan fingerprint density at radius 3 is 2.68 bits per heavy atom. The average Bonchev–Trinajstić information content (AvgIpc) is 2.38. The van der Waals surface area contributed by atoms with Crippen LogP contribution in [0.4, 0.5) is 0 Å². The highest BCUT2D eigenvalue weighted by Gasteiger charge is 2.40. The van der Waals surface area contributed by atoms with E-state index in [0.717, 1.165) is 19.3 Å². The fraction of sp³-hybridized carbons (Fsp3) is 0.846. The molecular weight excluding hydrogens is 246 g/mol. The van der Waals surface area contributed by atoms with Crippen molar-refractivity contribution >= 4 is 11.8 Å². The molecule has 0 aromatic rings. The van der Waals surface area contributed by atoms with Crippen molar-refractivity contribution < 1.29 is 14.3 Å². The minimum Gasteiger partial charge on any atom is -0.377 e. The van der Waals surface area contributed by atoms with Crippen molar-refractivity contribution in [1.29, 1.82) is 0 Å². The highest BCUT2D eigenvalue weighted by Crippen LogP contribution is 2.31. The number of amides is 2. The third kappa shape index (κ3) is 2.90. The van der Waals surface area contributed by atoms with Gasteiger partial charge >= 0.3 is 0 Å². The van der Waals surface area contributed by atoms with Gasteiger partial charge in [0.1, 0.15) is 6.04 Å². The predicted molar refractivity (Wildman–Crippen MR) is 70.0 cm³/mol. The quantitative estimate of drug-likeness (QED) is 0.703. The first kappa shape index (κ1) is 14.3. The molecule has 1 aliphatic heterocycles. The molecule has 6 nitrogen and oxygen atoms in total. The van der Waals surface area contributed by atoms with Gasteiger partial charge in [-0.05, 0) is 18.8 Å². The summed E-state index contributed by atoms with van der Waals surface area (Å²) in [4.78, 5) is 25.7. The van der Waals surface area contributed by atoms with Crippen LogP contribution >= 0.6 is 0 Å². The standard InChI is InChI=1S/C13H23N3O3/c1-8-3-2-4-9(14)11(8)13(18)16-5-6-19-7-10(16)12(15)17/h8-11H,2-7,14H2,1H3,(H2,15,17). The Balaban J connectivity index is 2.14. The number of morpholine rings is 1. The number of nitrogens with two attached hydrogens (primary N) is 2. The van der Waals surface area contributed by atoms with Crippen molar-refractivity contribution in [3.8, 4) is 0 Å². The Bertz CT molecular complexity index is 351. The second-order valence-corrected chi connectivity index (χ2v) is 5.62. The summed E-state index contributed by atoms with van der Waals surface area (Å²) in [6.07, 6.45) is 2.94. The lowest BCUT2D eigenvalue weighted by Gasteiger charge is -2.40. The molecule has 4 unspecified atom stereocenters. The summed E-state index contributed by atoms with van der Waals surface area (Å²) < 4.78 is 5.24. The predicted octanol–water partition coefficient (Wildman–Crippen LogP) is -0.537. The molecule has 0 aromatic heterocycles. The molecule has 1 heterocycles. The van der Waals surface area contributed by atoms with Gasteiger partial charge in [0.15, 0.2) is 0 Å². The molecule has 2 amide bonds. The summed E-state index contributed by atoms with van der Waals surface area (Å²) >= 11 is 0. The van der Waals surface area contributed by atoms with Crippen molar-refractivity contribution in [2.75, 3.05) is 19.8 Å². The average molecular weight is 269 g/mol. The van der Waals surface area contributed by atoms with Gasteiger partial charge in [-0.2, -0.15) is 0 Å². The Hall–Kier alpha value is -1.14. The Labute approximate surface area is 113 Å². The Morgan fingerprint density at radius 2 is 2.05 bits per heavy atom. The maximum Gasteiger partial charge on any atom is 0.242 e. The molecule has 19 heavy (non-hydrogen) atoms. The fourth-order valence-corrected chi connectivity index (χ4v) is 3.18. The maximum absolute atomic E-state index is 12.7. The van der Waals surface area contributed by atoms with Crippen molar-refractivity contribution in [3.63, 3.8) is 0 Å². The van der Waals surface area contributed by atoms with Gasteiger partial charge in [-0.25, -0.2) is 0 Å². The number of rotatable bonds is 2. The molecule has 2 aliphatic rings. The molecule has 4 atom stereocenters. The topological polar surface area (TPSA) is 98.7 Å². The van der Waals surface area contributed by atoms with Gasteiger partial charge in [0.05, 0.1) is 19.1 Å². The molecule has 0 aromatic carbocycles. The van der Waals surface area contributed by atoms with E-state index < -0.39 is 11.9 Å². The maximum atomic E-state index is 12.7. The third-order valence-corrected chi connectivity index (χ3v) is 4.30. The number of hydrogen-bond acceptors (Lipinski definition) is 4. The van der Waals surface area contributed by atoms with Crippen LogP contribution in [0.15, 0.2) is 0 Å². The van der Waals surface area contributed by atoms with Crippen molar-refractivity contribution in [2.45, 2.75) is 38.3 Å². The van der Waals surface area contributed by atoms with E-state index in [1.807, 2.05) is 0 Å². The minimum absolute atomic E-state index is 0.0354. The first-order chi connectivity index (χ1) is 9.02. The van der Waals surface area contributed by atoms with Gasteiger partial charge in [-0.15, -0.1) is 0 Å². The van der Waals surface area contributed by atoms with Gasteiger partial charge in [0, 0.05) is 12.6 Å². The lowest BCUT2D eigenvalue weighted by molar-refractivity contribution is -0.153. The van der Waals surface area contributed by atoms with Crippen LogP contribution in [0.25, 0.3) is 0 Å². The molecule has 1 saturated heterocycles. The number of nitrogens with zero attached hydrogens (tertiary/aromatic N) is 1. The fourth-order valence-electron chi connectivity index (χ4n) is 3.18. The lowest BCUT2D eigenvalue weighted by Crippen LogP contribution is -2.59. The molecule has 108 valence electrons. The van der Waals surface area contributed by atoms with E-state index >= 15 is 0 Å². The number of carbonyl (C=O) groups is 2. The number of primary amides is 1. The van der Waals surface area contributed by atoms with Crippen LogP contribution < -0.4 is 11.5 Å². The van der Waals surface area contributed by atoms with Gasteiger partial charge in [0.25, 0.3) is 0 Å². The molecule has 1 saturated carbocycles. The molecule has 6 heteroatoms. The van der Waals surface area contributed by atoms with Gasteiger partial charge < -0.3 is 21.1 Å². The number of ether oxygens (including phenoxy) is 1. The zero-order chi connectivity index (χ0) is 14.0. The van der Waals surface area contributed by atoms with Crippen LogP contribution in [-0.2, 0) is 14.3 Å². The second-order valence-electron chi connectivity index (χ2n) is 5.62. The second kappa shape index (κ2) is 5.88. The molecule has 2 fully saturated rings. The highest BCUT2D eigenvalue weighted by molar-refractivity contribution is 5.88. The molecule has 4 N–H and O–H groups in total. The van der Waals surface area contributed by atoms with E-state index in [0.29, 0.717) is 13.2 Å². The van der Waals surface area contributed by atoms with Crippen LogP contribution in [-0.4, -0.2) is 48.6 Å². The molecule has 0 spiro atoms. The smallest absolute Gasteiger partial charge is 0.242 e. The normalized spacial score (nSPS) is 36.0. The first-order valence-electron chi connectivity index (χ1n) is 6.95. The summed E-state index contributed by atoms with van der Waals surface area (Å²) in [7, 11) is 0. The molecular formula is C13H23N3O3. The van der Waals surface area contributed by atoms with Gasteiger partial charge in [0.2, 0.25) is 11.8 Å². The van der Waals surface area contributed by atoms with E-state index in [9.17, 15) is 9.59 Å². The van der Waals surface area contributed by atoms with Crippen molar-refractivity contribution in [2.24, 2.45) is 23.3 Å². The molecule has 0 radical (unpaired) electrons. The van der Waals surface area contributed by atoms with Crippen LogP contribution in [0.5, 0.6) is 0 Å². The minimum atomic E-state index is -0.650. The van der Waals surface area contributed by atoms with E-state index in [-0.39, 0.29) is 30.4 Å². The summed E-state index contributed by atoms with van der Waals surface area (Å²) in [6.45, 7) is 3.12. The third-order valence-electron chi connectivity index (χ3n) is 4.30. The van der Waals surface area contributed by atoms with Crippen LogP contribution in [0.2, 0.25) is 0 Å². The zero-order valence-corrected chi connectivity index (χ0v) is 11.4. The molecule has 0 bridgehead atoms. The monoisotopic (exact) mass is 269 g/mol. The van der Waals surface area contributed by atoms with E-state index in [1.165, 1.54) is 0 Å². The molecule has 2 rings (SSSR count). The SMILES string of the molecule is CC1CCCC(N)C1C(=O)N1CCOCC1C(N)=O. The first-order valence-corrected chi connectivity index (χ1v) is 6.95. The molecule has 1 aliphatic carbocycles. The highest BCUT2D eigenvalue weighted by atomic mass is 16.5. The summed E-state index contributed by atoms with van der Waals surface area (Å²) in [6, 6.07) is -0.768. The number of hydrogen-bond donors (Lipinski definition) is 2. The zero-order valence-electron chi connectivity index (χ0n) is 11.4. The largest absolute Gasteiger partial charge is 0.377 e. The van der Waals surface area contributed by atoms with E-state index in [4.69, 9.17) is 16.2 Å². The lowest BCUT2D eigenvalue weighted by atomic mass is 9.76.